The smallest absolute Gasteiger partial charge is 0.410 e. The highest BCUT2D eigenvalue weighted by atomic mass is 16.6. The van der Waals surface area contributed by atoms with Crippen LogP contribution >= 0.6 is 0 Å². The van der Waals surface area contributed by atoms with E-state index < -0.39 is 0 Å². The van der Waals surface area contributed by atoms with Crippen LogP contribution in [0.1, 0.15) is 33.1 Å². The second kappa shape index (κ2) is 6.45. The van der Waals surface area contributed by atoms with Gasteiger partial charge in [0.25, 0.3) is 0 Å². The molecular formula is C19H31N3O3. The summed E-state index contributed by atoms with van der Waals surface area (Å²) in [4.78, 5) is 31.0. The minimum atomic E-state index is -0.131. The maximum Gasteiger partial charge on any atom is 0.410 e. The van der Waals surface area contributed by atoms with Gasteiger partial charge >= 0.3 is 6.09 Å². The van der Waals surface area contributed by atoms with Gasteiger partial charge in [0, 0.05) is 51.2 Å². The number of piperidine rings is 3. The van der Waals surface area contributed by atoms with Crippen LogP contribution in [0.25, 0.3) is 0 Å². The number of rotatable bonds is 4. The van der Waals surface area contributed by atoms with Crippen molar-refractivity contribution >= 4 is 12.0 Å². The second-order valence-electron chi connectivity index (χ2n) is 8.31. The van der Waals surface area contributed by atoms with E-state index in [4.69, 9.17) is 4.74 Å². The Hall–Kier alpha value is -1.30. The lowest BCUT2D eigenvalue weighted by Gasteiger charge is -2.51. The average molecular weight is 349 g/mol. The van der Waals surface area contributed by atoms with Gasteiger partial charge in [-0.15, -0.1) is 0 Å². The van der Waals surface area contributed by atoms with Gasteiger partial charge < -0.3 is 14.5 Å². The van der Waals surface area contributed by atoms with Gasteiger partial charge in [-0.1, -0.05) is 0 Å². The summed E-state index contributed by atoms with van der Waals surface area (Å²) < 4.78 is 5.22. The molecule has 0 aromatic carbocycles. The van der Waals surface area contributed by atoms with E-state index >= 15 is 0 Å². The Morgan fingerprint density at radius 1 is 1.12 bits per heavy atom. The fourth-order valence-corrected chi connectivity index (χ4v) is 5.57. The maximum atomic E-state index is 12.4. The van der Waals surface area contributed by atoms with Gasteiger partial charge in [0.1, 0.15) is 0 Å². The molecule has 6 heteroatoms. The summed E-state index contributed by atoms with van der Waals surface area (Å²) in [5, 5.41) is 0. The molecule has 2 saturated carbocycles. The van der Waals surface area contributed by atoms with E-state index in [2.05, 4.69) is 4.90 Å². The first-order valence-corrected chi connectivity index (χ1v) is 9.97. The molecule has 3 aliphatic heterocycles. The van der Waals surface area contributed by atoms with Crippen molar-refractivity contribution in [1.82, 2.24) is 14.7 Å². The number of carbonyl (C=O) groups is 2. The predicted molar refractivity (Wildman–Crippen MR) is 94.0 cm³/mol. The van der Waals surface area contributed by atoms with Gasteiger partial charge in [-0.3, -0.25) is 9.69 Å². The minimum Gasteiger partial charge on any atom is -0.450 e. The van der Waals surface area contributed by atoms with Crippen molar-refractivity contribution in [3.05, 3.63) is 0 Å². The monoisotopic (exact) mass is 349 g/mol. The molecular weight excluding hydrogens is 318 g/mol. The van der Waals surface area contributed by atoms with Gasteiger partial charge in [-0.25, -0.2) is 4.79 Å². The molecule has 2 amide bonds. The van der Waals surface area contributed by atoms with E-state index in [0.717, 1.165) is 39.0 Å². The summed E-state index contributed by atoms with van der Waals surface area (Å²) in [5.41, 5.74) is 0. The molecule has 0 spiro atoms. The molecule has 5 aliphatic rings. The first kappa shape index (κ1) is 17.1. The Kier molecular flexibility index (Phi) is 4.42. The van der Waals surface area contributed by atoms with Crippen molar-refractivity contribution in [2.75, 3.05) is 39.8 Å². The van der Waals surface area contributed by atoms with Gasteiger partial charge in [-0.2, -0.15) is 0 Å². The van der Waals surface area contributed by atoms with Crippen LogP contribution in [0.3, 0.4) is 0 Å². The highest BCUT2D eigenvalue weighted by molar-refractivity contribution is 5.82. The standard InChI is InChI=1S/C19H31N3O3/c1-4-20(3)18(23)17-14-10-21(11-15(14)17)16-8-13-7-6-12(16)9-22(13)19(24)25-5-2/h12-17H,4-11H2,1-3H3/t12-,13-,14-,15+,16?,17+/m0/s1. The van der Waals surface area contributed by atoms with Crippen LogP contribution in [0, 0.1) is 23.7 Å². The molecule has 3 saturated heterocycles. The lowest BCUT2D eigenvalue weighted by atomic mass is 9.75. The Labute approximate surface area is 150 Å². The van der Waals surface area contributed by atoms with Gasteiger partial charge in [-0.05, 0) is 50.9 Å². The van der Waals surface area contributed by atoms with Crippen molar-refractivity contribution in [1.29, 1.82) is 0 Å². The third-order valence-electron chi connectivity index (χ3n) is 7.13. The molecule has 1 unspecified atom stereocenters. The first-order chi connectivity index (χ1) is 12.0. The minimum absolute atomic E-state index is 0.131. The molecule has 3 heterocycles. The van der Waals surface area contributed by atoms with E-state index in [0.29, 0.717) is 42.4 Å². The molecule has 2 bridgehead atoms. The van der Waals surface area contributed by atoms with Crippen molar-refractivity contribution in [3.63, 3.8) is 0 Å². The number of fused-ring (bicyclic) bond motifs is 4. The molecule has 140 valence electrons. The van der Waals surface area contributed by atoms with Crippen LogP contribution in [0.2, 0.25) is 0 Å². The highest BCUT2D eigenvalue weighted by Gasteiger charge is 2.61. The molecule has 0 N–H and O–H groups in total. The normalized spacial score (nSPS) is 39.2. The number of hydrogen-bond acceptors (Lipinski definition) is 4. The first-order valence-electron chi connectivity index (χ1n) is 9.97. The Balaban J connectivity index is 1.33. The number of likely N-dealkylation sites (tertiary alicyclic amines) is 1. The average Bonchev–Trinajstić information content (AvgIpc) is 3.13. The molecule has 0 aromatic rings. The Morgan fingerprint density at radius 3 is 2.40 bits per heavy atom. The molecule has 25 heavy (non-hydrogen) atoms. The van der Waals surface area contributed by atoms with Crippen molar-refractivity contribution in [3.8, 4) is 0 Å². The van der Waals surface area contributed by atoms with Gasteiger partial charge in [0.05, 0.1) is 6.61 Å². The fraction of sp³-hybridized carbons (Fsp3) is 0.895. The van der Waals surface area contributed by atoms with Crippen LogP contribution in [0.5, 0.6) is 0 Å². The largest absolute Gasteiger partial charge is 0.450 e. The number of ether oxygens (including phenoxy) is 1. The summed E-state index contributed by atoms with van der Waals surface area (Å²) in [6.07, 6.45) is 3.28. The third-order valence-corrected chi connectivity index (χ3v) is 7.13. The van der Waals surface area contributed by atoms with Crippen LogP contribution in [0.4, 0.5) is 4.79 Å². The number of nitrogens with zero attached hydrogens (tertiary/aromatic N) is 3. The molecule has 6 nitrogen and oxygen atoms in total. The molecule has 5 fully saturated rings. The molecule has 6 atom stereocenters. The molecule has 2 aliphatic carbocycles. The molecule has 0 aromatic heterocycles. The van der Waals surface area contributed by atoms with Gasteiger partial charge in [0.15, 0.2) is 0 Å². The summed E-state index contributed by atoms with van der Waals surface area (Å²) in [6.45, 7) is 8.16. The van der Waals surface area contributed by atoms with E-state index in [1.54, 1.807) is 0 Å². The summed E-state index contributed by atoms with van der Waals surface area (Å²) in [6, 6.07) is 0.937. The van der Waals surface area contributed by atoms with Crippen LogP contribution in [-0.2, 0) is 9.53 Å². The SMILES string of the molecule is CCOC(=O)N1C[C@@H]2CC[C@H]1CC2N1C[C@@H]2[C@H](C1)[C@H]2C(=O)N(C)CC. The van der Waals surface area contributed by atoms with Crippen LogP contribution < -0.4 is 0 Å². The van der Waals surface area contributed by atoms with Crippen LogP contribution in [0.15, 0.2) is 0 Å². The summed E-state index contributed by atoms with van der Waals surface area (Å²) in [7, 11) is 1.91. The quantitative estimate of drug-likeness (QED) is 0.774. The second-order valence-corrected chi connectivity index (χ2v) is 8.31. The van der Waals surface area contributed by atoms with E-state index in [9.17, 15) is 9.59 Å². The Morgan fingerprint density at radius 2 is 1.84 bits per heavy atom. The number of hydrogen-bond donors (Lipinski definition) is 0. The maximum absolute atomic E-state index is 12.4. The molecule has 0 radical (unpaired) electrons. The number of carbonyl (C=O) groups excluding carboxylic acids is 2. The predicted octanol–water partition coefficient (Wildman–Crippen LogP) is 1.65. The van der Waals surface area contributed by atoms with E-state index in [1.807, 2.05) is 30.7 Å². The summed E-state index contributed by atoms with van der Waals surface area (Å²) >= 11 is 0. The summed E-state index contributed by atoms with van der Waals surface area (Å²) in [5.74, 6) is 2.33. The zero-order valence-corrected chi connectivity index (χ0v) is 15.7. The van der Waals surface area contributed by atoms with Crippen molar-refractivity contribution in [2.45, 2.75) is 45.2 Å². The topological polar surface area (TPSA) is 53.1 Å². The fourth-order valence-electron chi connectivity index (χ4n) is 5.57. The van der Waals surface area contributed by atoms with Gasteiger partial charge in [0.2, 0.25) is 5.91 Å². The zero-order valence-electron chi connectivity index (χ0n) is 15.7. The van der Waals surface area contributed by atoms with E-state index in [1.165, 1.54) is 6.42 Å². The zero-order chi connectivity index (χ0) is 17.7. The van der Waals surface area contributed by atoms with E-state index in [-0.39, 0.29) is 12.0 Å². The third kappa shape index (κ3) is 2.82. The lowest BCUT2D eigenvalue weighted by Crippen LogP contribution is -2.60. The van der Waals surface area contributed by atoms with Crippen LogP contribution in [-0.4, -0.2) is 78.6 Å². The van der Waals surface area contributed by atoms with Crippen molar-refractivity contribution < 1.29 is 14.3 Å². The molecule has 5 rings (SSSR count). The lowest BCUT2D eigenvalue weighted by molar-refractivity contribution is -0.132. The Bertz CT molecular complexity index is 542. The van der Waals surface area contributed by atoms with Crippen molar-refractivity contribution in [2.24, 2.45) is 23.7 Å². The highest BCUT2D eigenvalue weighted by Crippen LogP contribution is 2.54. The number of amides is 2.